The van der Waals surface area contributed by atoms with Crippen molar-refractivity contribution in [2.75, 3.05) is 19.0 Å². The van der Waals surface area contributed by atoms with Crippen LogP contribution in [0, 0.1) is 0 Å². The molecule has 1 atom stereocenters. The van der Waals surface area contributed by atoms with Crippen molar-refractivity contribution in [1.82, 2.24) is 9.88 Å². The lowest BCUT2D eigenvalue weighted by Gasteiger charge is -2.35. The Bertz CT molecular complexity index is 715. The zero-order valence-electron chi connectivity index (χ0n) is 14.9. The fourth-order valence-corrected chi connectivity index (χ4v) is 3.34. The number of carbonyl (C=O) groups is 1. The Morgan fingerprint density at radius 3 is 2.84 bits per heavy atom. The van der Waals surface area contributed by atoms with Crippen LogP contribution >= 0.6 is 0 Å². The van der Waals surface area contributed by atoms with Gasteiger partial charge in [0.25, 0.3) is 5.91 Å². The van der Waals surface area contributed by atoms with E-state index in [1.165, 1.54) is 6.42 Å². The summed E-state index contributed by atoms with van der Waals surface area (Å²) in [5.74, 6) is 0.803. The summed E-state index contributed by atoms with van der Waals surface area (Å²) in [6, 6.07) is 11.7. The van der Waals surface area contributed by atoms with Gasteiger partial charge in [-0.2, -0.15) is 0 Å². The molecule has 2 heterocycles. The minimum absolute atomic E-state index is 0.0374. The van der Waals surface area contributed by atoms with Crippen LogP contribution in [-0.4, -0.2) is 35.5 Å². The number of pyridine rings is 1. The molecule has 3 rings (SSSR count). The van der Waals surface area contributed by atoms with Crippen molar-refractivity contribution in [3.63, 3.8) is 0 Å². The number of amides is 1. The monoisotopic (exact) mass is 339 g/mol. The van der Waals surface area contributed by atoms with Crippen LogP contribution in [0.4, 0.5) is 11.4 Å². The van der Waals surface area contributed by atoms with Crippen LogP contribution in [0.3, 0.4) is 0 Å². The molecule has 25 heavy (non-hydrogen) atoms. The summed E-state index contributed by atoms with van der Waals surface area (Å²) in [6.45, 7) is 2.98. The van der Waals surface area contributed by atoms with Gasteiger partial charge in [0.1, 0.15) is 11.4 Å². The Morgan fingerprint density at radius 1 is 1.28 bits per heavy atom. The SMILES string of the molecule is CCC1CCCCN1C(=O)c1ccc(Nc2ccccc2OC)cn1. The van der Waals surface area contributed by atoms with E-state index in [1.807, 2.05) is 35.2 Å². The second-order valence-corrected chi connectivity index (χ2v) is 6.31. The average Bonchev–Trinajstić information content (AvgIpc) is 2.68. The molecule has 5 nitrogen and oxygen atoms in total. The molecule has 5 heteroatoms. The Labute approximate surface area is 149 Å². The molecule has 1 unspecified atom stereocenters. The number of carbonyl (C=O) groups excluding carboxylic acids is 1. The quantitative estimate of drug-likeness (QED) is 0.885. The van der Waals surface area contributed by atoms with E-state index in [2.05, 4.69) is 17.2 Å². The number of aromatic nitrogens is 1. The van der Waals surface area contributed by atoms with Crippen LogP contribution in [0.2, 0.25) is 0 Å². The topological polar surface area (TPSA) is 54.5 Å². The lowest BCUT2D eigenvalue weighted by molar-refractivity contribution is 0.0602. The molecule has 1 fully saturated rings. The number of methoxy groups -OCH3 is 1. The summed E-state index contributed by atoms with van der Waals surface area (Å²) in [5, 5.41) is 3.28. The van der Waals surface area contributed by atoms with Gasteiger partial charge in [-0.25, -0.2) is 4.98 Å². The lowest BCUT2D eigenvalue weighted by atomic mass is 9.99. The number of rotatable bonds is 5. The molecule has 1 aromatic heterocycles. The molecule has 1 amide bonds. The van der Waals surface area contributed by atoms with E-state index in [0.29, 0.717) is 11.7 Å². The highest BCUT2D eigenvalue weighted by Gasteiger charge is 2.26. The summed E-state index contributed by atoms with van der Waals surface area (Å²) in [5.41, 5.74) is 2.20. The average molecular weight is 339 g/mol. The third kappa shape index (κ3) is 3.92. The minimum atomic E-state index is 0.0374. The van der Waals surface area contributed by atoms with E-state index in [9.17, 15) is 4.79 Å². The maximum atomic E-state index is 12.8. The fourth-order valence-electron chi connectivity index (χ4n) is 3.34. The van der Waals surface area contributed by atoms with E-state index in [-0.39, 0.29) is 5.91 Å². The number of benzene rings is 1. The molecule has 1 saturated heterocycles. The van der Waals surface area contributed by atoms with Crippen LogP contribution in [-0.2, 0) is 0 Å². The van der Waals surface area contributed by atoms with E-state index in [0.717, 1.165) is 42.9 Å². The molecular weight excluding hydrogens is 314 g/mol. The van der Waals surface area contributed by atoms with Gasteiger partial charge in [0.05, 0.1) is 24.7 Å². The second-order valence-electron chi connectivity index (χ2n) is 6.31. The lowest BCUT2D eigenvalue weighted by Crippen LogP contribution is -2.43. The third-order valence-electron chi connectivity index (χ3n) is 4.73. The Balaban J connectivity index is 1.72. The van der Waals surface area contributed by atoms with Crippen LogP contribution in [0.15, 0.2) is 42.6 Å². The predicted octanol–water partition coefficient (Wildman–Crippen LogP) is 4.24. The third-order valence-corrected chi connectivity index (χ3v) is 4.73. The number of para-hydroxylation sites is 2. The summed E-state index contributed by atoms with van der Waals surface area (Å²) < 4.78 is 5.34. The predicted molar refractivity (Wildman–Crippen MR) is 99.5 cm³/mol. The molecular formula is C20H25N3O2. The van der Waals surface area contributed by atoms with Crippen molar-refractivity contribution in [3.8, 4) is 5.75 Å². The zero-order chi connectivity index (χ0) is 17.6. The van der Waals surface area contributed by atoms with Crippen LogP contribution < -0.4 is 10.1 Å². The van der Waals surface area contributed by atoms with E-state index < -0.39 is 0 Å². The Kier molecular flexibility index (Phi) is 5.53. The maximum absolute atomic E-state index is 12.8. The van der Waals surface area contributed by atoms with Gasteiger partial charge >= 0.3 is 0 Å². The molecule has 0 saturated carbocycles. The first-order valence-electron chi connectivity index (χ1n) is 8.90. The number of hydrogen-bond acceptors (Lipinski definition) is 4. The highest BCUT2D eigenvalue weighted by Crippen LogP contribution is 2.27. The largest absolute Gasteiger partial charge is 0.495 e. The van der Waals surface area contributed by atoms with Crippen LogP contribution in [0.5, 0.6) is 5.75 Å². The molecule has 0 radical (unpaired) electrons. The molecule has 2 aromatic rings. The maximum Gasteiger partial charge on any atom is 0.272 e. The van der Waals surface area contributed by atoms with E-state index >= 15 is 0 Å². The number of anilines is 2. The number of likely N-dealkylation sites (tertiary alicyclic amines) is 1. The van der Waals surface area contributed by atoms with Crippen molar-refractivity contribution in [2.24, 2.45) is 0 Å². The summed E-state index contributed by atoms with van der Waals surface area (Å²) >= 11 is 0. The normalized spacial score (nSPS) is 17.2. The van der Waals surface area contributed by atoms with Crippen molar-refractivity contribution in [2.45, 2.75) is 38.6 Å². The van der Waals surface area contributed by atoms with Crippen molar-refractivity contribution in [1.29, 1.82) is 0 Å². The standard InChI is InChI=1S/C20H25N3O2/c1-3-16-8-6-7-13-23(16)20(24)18-12-11-15(14-21-18)22-17-9-4-5-10-19(17)25-2/h4-5,9-12,14,16,22H,3,6-8,13H2,1-2H3. The summed E-state index contributed by atoms with van der Waals surface area (Å²) in [6.07, 6.45) is 6.08. The first-order valence-corrected chi connectivity index (χ1v) is 8.90. The number of nitrogens with zero attached hydrogens (tertiary/aromatic N) is 2. The molecule has 0 aliphatic carbocycles. The highest BCUT2D eigenvalue weighted by molar-refractivity contribution is 5.92. The zero-order valence-corrected chi connectivity index (χ0v) is 14.9. The molecule has 132 valence electrons. The highest BCUT2D eigenvalue weighted by atomic mass is 16.5. The number of piperidine rings is 1. The van der Waals surface area contributed by atoms with E-state index in [4.69, 9.17) is 4.74 Å². The van der Waals surface area contributed by atoms with Gasteiger partial charge in [0, 0.05) is 12.6 Å². The number of ether oxygens (including phenoxy) is 1. The van der Waals surface area contributed by atoms with Gasteiger partial charge in [0.2, 0.25) is 0 Å². The smallest absolute Gasteiger partial charge is 0.272 e. The second kappa shape index (κ2) is 8.01. The van der Waals surface area contributed by atoms with E-state index in [1.54, 1.807) is 19.4 Å². The molecule has 1 aliphatic heterocycles. The van der Waals surface area contributed by atoms with Gasteiger partial charge in [-0.3, -0.25) is 4.79 Å². The minimum Gasteiger partial charge on any atom is -0.495 e. The molecule has 0 bridgehead atoms. The Hall–Kier alpha value is -2.56. The first-order chi connectivity index (χ1) is 12.2. The van der Waals surface area contributed by atoms with Crippen LogP contribution in [0.25, 0.3) is 0 Å². The number of nitrogens with one attached hydrogen (secondary N) is 1. The van der Waals surface area contributed by atoms with Gasteiger partial charge in [-0.15, -0.1) is 0 Å². The molecule has 0 spiro atoms. The van der Waals surface area contributed by atoms with Crippen LogP contribution in [0.1, 0.15) is 43.1 Å². The molecule has 1 aromatic carbocycles. The van der Waals surface area contributed by atoms with Crippen molar-refractivity contribution < 1.29 is 9.53 Å². The van der Waals surface area contributed by atoms with Gasteiger partial charge in [0.15, 0.2) is 0 Å². The molecule has 1 aliphatic rings. The summed E-state index contributed by atoms with van der Waals surface area (Å²) in [4.78, 5) is 19.1. The van der Waals surface area contributed by atoms with Gasteiger partial charge in [-0.05, 0) is 49.9 Å². The summed E-state index contributed by atoms with van der Waals surface area (Å²) in [7, 11) is 1.64. The fraction of sp³-hybridized carbons (Fsp3) is 0.400. The van der Waals surface area contributed by atoms with Gasteiger partial charge < -0.3 is 15.0 Å². The Morgan fingerprint density at radius 2 is 2.12 bits per heavy atom. The van der Waals surface area contributed by atoms with Crippen molar-refractivity contribution >= 4 is 17.3 Å². The first kappa shape index (κ1) is 17.3. The van der Waals surface area contributed by atoms with Crippen molar-refractivity contribution in [3.05, 3.63) is 48.3 Å². The molecule has 1 N–H and O–H groups in total. The van der Waals surface area contributed by atoms with Gasteiger partial charge in [-0.1, -0.05) is 19.1 Å². The number of hydrogen-bond donors (Lipinski definition) is 1.